The number of nitrogens with zero attached hydrogens (tertiary/aromatic N) is 4. The highest BCUT2D eigenvalue weighted by Gasteiger charge is 2.12. The predicted octanol–water partition coefficient (Wildman–Crippen LogP) is 1.15. The van der Waals surface area contributed by atoms with Crippen molar-refractivity contribution in [3.05, 3.63) is 69.1 Å². The van der Waals surface area contributed by atoms with Crippen LogP contribution in [-0.4, -0.2) is 18.7 Å². The third-order valence-corrected chi connectivity index (χ3v) is 3.64. The van der Waals surface area contributed by atoms with Crippen molar-refractivity contribution in [2.75, 3.05) is 0 Å². The van der Waals surface area contributed by atoms with Crippen LogP contribution in [0.2, 0.25) is 0 Å². The molecule has 0 unspecified atom stereocenters. The highest BCUT2D eigenvalue weighted by atomic mass is 16.2. The zero-order valence-electron chi connectivity index (χ0n) is 12.4. The Hall–Kier alpha value is -2.89. The van der Waals surface area contributed by atoms with Gasteiger partial charge in [-0.25, -0.2) is 9.78 Å². The van der Waals surface area contributed by atoms with Crippen LogP contribution < -0.4 is 11.2 Å². The molecule has 0 aliphatic carbocycles. The SMILES string of the molecule is Cn1c(=O)c2c(ncn2C=CCc2ccccc2)n(C)c1=O. The van der Waals surface area contributed by atoms with E-state index in [-0.39, 0.29) is 11.2 Å². The molecule has 0 aliphatic rings. The van der Waals surface area contributed by atoms with Crippen molar-refractivity contribution in [3.8, 4) is 0 Å². The predicted molar refractivity (Wildman–Crippen MR) is 85.7 cm³/mol. The van der Waals surface area contributed by atoms with E-state index in [1.807, 2.05) is 36.4 Å². The maximum atomic E-state index is 12.3. The zero-order chi connectivity index (χ0) is 15.7. The van der Waals surface area contributed by atoms with Crippen molar-refractivity contribution in [3.63, 3.8) is 0 Å². The molecule has 6 heteroatoms. The summed E-state index contributed by atoms with van der Waals surface area (Å²) in [5.74, 6) is 0. The number of hydrogen-bond donors (Lipinski definition) is 0. The lowest BCUT2D eigenvalue weighted by Gasteiger charge is -2.03. The van der Waals surface area contributed by atoms with Crippen molar-refractivity contribution in [2.45, 2.75) is 6.42 Å². The maximum absolute atomic E-state index is 12.3. The van der Waals surface area contributed by atoms with Crippen molar-refractivity contribution < 1.29 is 0 Å². The van der Waals surface area contributed by atoms with Crippen molar-refractivity contribution in [1.29, 1.82) is 0 Å². The summed E-state index contributed by atoms with van der Waals surface area (Å²) in [4.78, 5) is 28.3. The Morgan fingerprint density at radius 1 is 1.09 bits per heavy atom. The molecule has 0 radical (unpaired) electrons. The first-order valence-corrected chi connectivity index (χ1v) is 6.92. The first-order valence-electron chi connectivity index (χ1n) is 6.92. The van der Waals surface area contributed by atoms with E-state index in [9.17, 15) is 9.59 Å². The number of aromatic nitrogens is 4. The van der Waals surface area contributed by atoms with Gasteiger partial charge in [0.1, 0.15) is 6.33 Å². The fourth-order valence-corrected chi connectivity index (χ4v) is 2.39. The maximum Gasteiger partial charge on any atom is 0.332 e. The average Bonchev–Trinajstić information content (AvgIpc) is 2.96. The molecule has 2 heterocycles. The summed E-state index contributed by atoms with van der Waals surface area (Å²) < 4.78 is 4.11. The van der Waals surface area contributed by atoms with Crippen LogP contribution in [-0.2, 0) is 20.5 Å². The Morgan fingerprint density at radius 2 is 1.82 bits per heavy atom. The lowest BCUT2D eigenvalue weighted by molar-refractivity contribution is 0.708. The van der Waals surface area contributed by atoms with Crippen molar-refractivity contribution >= 4 is 17.4 Å². The Kier molecular flexibility index (Phi) is 3.50. The lowest BCUT2D eigenvalue weighted by Crippen LogP contribution is -2.37. The minimum atomic E-state index is -0.379. The summed E-state index contributed by atoms with van der Waals surface area (Å²) in [5, 5.41) is 0. The Labute approximate surface area is 126 Å². The van der Waals surface area contributed by atoms with E-state index in [2.05, 4.69) is 4.98 Å². The molecule has 0 saturated carbocycles. The summed E-state index contributed by atoms with van der Waals surface area (Å²) in [6.45, 7) is 0. The second-order valence-corrected chi connectivity index (χ2v) is 5.10. The van der Waals surface area contributed by atoms with Gasteiger partial charge in [-0.05, 0) is 12.0 Å². The lowest BCUT2D eigenvalue weighted by atomic mass is 10.1. The first-order chi connectivity index (χ1) is 10.6. The number of fused-ring (bicyclic) bond motifs is 1. The van der Waals surface area contributed by atoms with Crippen LogP contribution in [0, 0.1) is 0 Å². The van der Waals surface area contributed by atoms with Gasteiger partial charge in [-0.2, -0.15) is 0 Å². The van der Waals surface area contributed by atoms with Crippen LogP contribution in [0.4, 0.5) is 0 Å². The Balaban J connectivity index is 2.02. The topological polar surface area (TPSA) is 61.8 Å². The van der Waals surface area contributed by atoms with E-state index in [1.165, 1.54) is 17.2 Å². The molecule has 6 nitrogen and oxygen atoms in total. The molecule has 0 atom stereocenters. The third-order valence-electron chi connectivity index (χ3n) is 3.64. The second kappa shape index (κ2) is 5.48. The van der Waals surface area contributed by atoms with Gasteiger partial charge in [-0.15, -0.1) is 0 Å². The Bertz CT molecular complexity index is 961. The molecular weight excluding hydrogens is 280 g/mol. The molecule has 2 aromatic heterocycles. The summed E-state index contributed by atoms with van der Waals surface area (Å²) in [7, 11) is 3.07. The number of benzene rings is 1. The van der Waals surface area contributed by atoms with Crippen LogP contribution in [0.1, 0.15) is 5.56 Å². The van der Waals surface area contributed by atoms with E-state index >= 15 is 0 Å². The van der Waals surface area contributed by atoms with Crippen LogP contribution in [0.5, 0.6) is 0 Å². The largest absolute Gasteiger partial charge is 0.332 e. The van der Waals surface area contributed by atoms with Gasteiger partial charge in [-0.3, -0.25) is 13.9 Å². The Morgan fingerprint density at radius 3 is 2.55 bits per heavy atom. The van der Waals surface area contributed by atoms with Gasteiger partial charge in [0.25, 0.3) is 5.56 Å². The molecule has 0 fully saturated rings. The van der Waals surface area contributed by atoms with Crippen LogP contribution in [0.15, 0.2) is 52.3 Å². The average molecular weight is 296 g/mol. The highest BCUT2D eigenvalue weighted by molar-refractivity contribution is 5.72. The number of imidazole rings is 1. The molecular formula is C16H16N4O2. The van der Waals surface area contributed by atoms with Crippen molar-refractivity contribution in [1.82, 2.24) is 18.7 Å². The van der Waals surface area contributed by atoms with Crippen LogP contribution in [0.3, 0.4) is 0 Å². The number of hydrogen-bond acceptors (Lipinski definition) is 3. The normalized spacial score (nSPS) is 11.5. The minimum absolute atomic E-state index is 0.347. The van der Waals surface area contributed by atoms with E-state index in [0.29, 0.717) is 11.2 Å². The van der Waals surface area contributed by atoms with E-state index < -0.39 is 0 Å². The quantitative estimate of drug-likeness (QED) is 0.728. The molecule has 3 rings (SSSR count). The fraction of sp³-hybridized carbons (Fsp3) is 0.188. The number of allylic oxidation sites excluding steroid dienone is 1. The molecule has 0 saturated heterocycles. The number of aryl methyl sites for hydroxylation is 1. The van der Waals surface area contributed by atoms with Gasteiger partial charge >= 0.3 is 5.69 Å². The molecule has 112 valence electrons. The van der Waals surface area contributed by atoms with Gasteiger partial charge < -0.3 is 4.57 Å². The first kappa shape index (κ1) is 14.1. The molecule has 1 aromatic carbocycles. The van der Waals surface area contributed by atoms with E-state index in [0.717, 1.165) is 11.0 Å². The highest BCUT2D eigenvalue weighted by Crippen LogP contribution is 2.07. The minimum Gasteiger partial charge on any atom is -0.300 e. The van der Waals surface area contributed by atoms with Gasteiger partial charge in [0, 0.05) is 20.3 Å². The summed E-state index contributed by atoms with van der Waals surface area (Å²) in [5.41, 5.74) is 1.24. The fourth-order valence-electron chi connectivity index (χ4n) is 2.39. The molecule has 22 heavy (non-hydrogen) atoms. The molecule has 0 bridgehead atoms. The van der Waals surface area contributed by atoms with Crippen LogP contribution >= 0.6 is 0 Å². The molecule has 0 amide bonds. The molecule has 0 spiro atoms. The van der Waals surface area contributed by atoms with Gasteiger partial charge in [0.05, 0.1) is 0 Å². The van der Waals surface area contributed by atoms with Crippen LogP contribution in [0.25, 0.3) is 17.4 Å². The smallest absolute Gasteiger partial charge is 0.300 e. The van der Waals surface area contributed by atoms with Gasteiger partial charge in [0.2, 0.25) is 0 Å². The molecule has 0 N–H and O–H groups in total. The molecule has 3 aromatic rings. The van der Waals surface area contributed by atoms with E-state index in [1.54, 1.807) is 24.1 Å². The van der Waals surface area contributed by atoms with Gasteiger partial charge in [0.15, 0.2) is 11.2 Å². The van der Waals surface area contributed by atoms with E-state index in [4.69, 9.17) is 0 Å². The van der Waals surface area contributed by atoms with Gasteiger partial charge in [-0.1, -0.05) is 36.4 Å². The summed E-state index contributed by atoms with van der Waals surface area (Å²) in [6, 6.07) is 10.0. The third kappa shape index (κ3) is 2.28. The second-order valence-electron chi connectivity index (χ2n) is 5.10. The summed E-state index contributed by atoms with van der Waals surface area (Å²) in [6.07, 6.45) is 6.06. The number of rotatable bonds is 3. The standard InChI is InChI=1S/C16H16N4O2/c1-18-14-13(15(21)19(2)16(18)22)20(11-17-14)10-6-9-12-7-4-3-5-8-12/h3-8,10-11H,9H2,1-2H3. The van der Waals surface area contributed by atoms with Crippen molar-refractivity contribution in [2.24, 2.45) is 14.1 Å². The zero-order valence-corrected chi connectivity index (χ0v) is 12.4. The monoisotopic (exact) mass is 296 g/mol. The molecule has 0 aliphatic heterocycles. The summed E-state index contributed by atoms with van der Waals surface area (Å²) >= 11 is 0.